The lowest BCUT2D eigenvalue weighted by Crippen LogP contribution is -2.38. The summed E-state index contributed by atoms with van der Waals surface area (Å²) < 4.78 is 0. The molecule has 2 rings (SSSR count). The summed E-state index contributed by atoms with van der Waals surface area (Å²) >= 11 is 0. The van der Waals surface area contributed by atoms with Crippen LogP contribution in [0.2, 0.25) is 0 Å². The normalized spacial score (nSPS) is 16.9. The molecule has 2 amide bonds. The van der Waals surface area contributed by atoms with Crippen molar-refractivity contribution in [2.75, 3.05) is 13.1 Å². The summed E-state index contributed by atoms with van der Waals surface area (Å²) in [5.74, 6) is 4.49. The van der Waals surface area contributed by atoms with Crippen LogP contribution in [-0.2, 0) is 11.3 Å². The van der Waals surface area contributed by atoms with Gasteiger partial charge in [0, 0.05) is 18.7 Å². The van der Waals surface area contributed by atoms with Gasteiger partial charge in [-0.25, -0.2) is 5.84 Å². The number of hydrogen-bond acceptors (Lipinski definition) is 5. The molecule has 5 N–H and O–H groups in total. The van der Waals surface area contributed by atoms with E-state index in [9.17, 15) is 9.59 Å². The van der Waals surface area contributed by atoms with Crippen molar-refractivity contribution in [2.45, 2.75) is 19.4 Å². The lowest BCUT2D eigenvalue weighted by molar-refractivity contribution is -0.123. The number of nitrogens with zero attached hydrogens (tertiary/aromatic N) is 2. The van der Waals surface area contributed by atoms with Crippen LogP contribution in [0.1, 0.15) is 28.9 Å². The fourth-order valence-electron chi connectivity index (χ4n) is 2.34. The molecule has 108 valence electrons. The lowest BCUT2D eigenvalue weighted by atomic mass is 9.96. The van der Waals surface area contributed by atoms with E-state index in [-0.39, 0.29) is 17.7 Å². The number of hydrazine groups is 1. The van der Waals surface area contributed by atoms with Crippen molar-refractivity contribution in [2.24, 2.45) is 17.5 Å². The van der Waals surface area contributed by atoms with Gasteiger partial charge in [0.25, 0.3) is 5.91 Å². The van der Waals surface area contributed by atoms with E-state index in [1.165, 1.54) is 6.20 Å². The number of amides is 2. The number of hydrogen-bond donors (Lipinski definition) is 3. The predicted octanol–water partition coefficient (Wildman–Crippen LogP) is -0.618. The van der Waals surface area contributed by atoms with Gasteiger partial charge in [-0.15, -0.1) is 0 Å². The number of pyridine rings is 1. The maximum atomic E-state index is 11.3. The number of likely N-dealkylation sites (tertiary alicyclic amines) is 1. The van der Waals surface area contributed by atoms with Gasteiger partial charge in [0.2, 0.25) is 5.91 Å². The highest BCUT2D eigenvalue weighted by Gasteiger charge is 2.23. The Kier molecular flexibility index (Phi) is 4.65. The van der Waals surface area contributed by atoms with E-state index in [2.05, 4.69) is 15.3 Å². The highest BCUT2D eigenvalue weighted by atomic mass is 16.2. The molecule has 0 aromatic carbocycles. The van der Waals surface area contributed by atoms with Crippen LogP contribution >= 0.6 is 0 Å². The third kappa shape index (κ3) is 3.52. The quantitative estimate of drug-likeness (QED) is 0.385. The summed E-state index contributed by atoms with van der Waals surface area (Å²) in [4.78, 5) is 28.8. The van der Waals surface area contributed by atoms with Gasteiger partial charge in [-0.2, -0.15) is 0 Å². The SMILES string of the molecule is NNC(=O)c1ccc(CN2CCC(C(N)=O)CC2)nc1. The van der Waals surface area contributed by atoms with Gasteiger partial charge in [-0.05, 0) is 38.1 Å². The Morgan fingerprint density at radius 3 is 2.55 bits per heavy atom. The van der Waals surface area contributed by atoms with Crippen molar-refractivity contribution in [1.82, 2.24) is 15.3 Å². The number of rotatable bonds is 4. The second-order valence-corrected chi connectivity index (χ2v) is 4.96. The van der Waals surface area contributed by atoms with Gasteiger partial charge in [-0.1, -0.05) is 0 Å². The molecule has 20 heavy (non-hydrogen) atoms. The molecule has 0 spiro atoms. The lowest BCUT2D eigenvalue weighted by Gasteiger charge is -2.30. The van der Waals surface area contributed by atoms with Crippen molar-refractivity contribution in [1.29, 1.82) is 0 Å². The summed E-state index contributed by atoms with van der Waals surface area (Å²) in [6.45, 7) is 2.37. The van der Waals surface area contributed by atoms with Crippen molar-refractivity contribution in [3.8, 4) is 0 Å². The molecule has 0 aliphatic carbocycles. The molecule has 0 bridgehead atoms. The predicted molar refractivity (Wildman–Crippen MR) is 73.1 cm³/mol. The van der Waals surface area contributed by atoms with Gasteiger partial charge < -0.3 is 5.73 Å². The number of nitrogen functional groups attached to an aromatic ring is 1. The molecule has 1 aliphatic heterocycles. The molecule has 0 unspecified atom stereocenters. The average Bonchev–Trinajstić information content (AvgIpc) is 2.48. The maximum absolute atomic E-state index is 11.3. The fraction of sp³-hybridized carbons (Fsp3) is 0.462. The minimum atomic E-state index is -0.355. The first-order valence-corrected chi connectivity index (χ1v) is 6.57. The van der Waals surface area contributed by atoms with Crippen LogP contribution in [0.4, 0.5) is 0 Å². The van der Waals surface area contributed by atoms with Crippen molar-refractivity contribution in [3.63, 3.8) is 0 Å². The summed E-state index contributed by atoms with van der Waals surface area (Å²) in [6, 6.07) is 3.51. The molecule has 7 heteroatoms. The highest BCUT2D eigenvalue weighted by molar-refractivity contribution is 5.93. The summed E-state index contributed by atoms with van der Waals surface area (Å²) in [5.41, 5.74) is 8.69. The number of aromatic nitrogens is 1. The standard InChI is InChI=1S/C13H19N5O2/c14-12(19)9-3-5-18(6-4-9)8-11-2-1-10(7-16-11)13(20)17-15/h1-2,7,9H,3-6,8,15H2,(H2,14,19)(H,17,20). The van der Waals surface area contributed by atoms with Crippen molar-refractivity contribution >= 4 is 11.8 Å². The van der Waals surface area contributed by atoms with Crippen LogP contribution in [0, 0.1) is 5.92 Å². The van der Waals surface area contributed by atoms with Gasteiger partial charge in [-0.3, -0.25) is 24.9 Å². The summed E-state index contributed by atoms with van der Waals surface area (Å²) in [7, 11) is 0. The molecule has 0 saturated carbocycles. The second-order valence-electron chi connectivity index (χ2n) is 4.96. The largest absolute Gasteiger partial charge is 0.369 e. The van der Waals surface area contributed by atoms with Crippen LogP contribution in [0.15, 0.2) is 18.3 Å². The fourth-order valence-corrected chi connectivity index (χ4v) is 2.34. The van der Waals surface area contributed by atoms with Crippen LogP contribution in [0.25, 0.3) is 0 Å². The number of nitrogens with two attached hydrogens (primary N) is 2. The number of primary amides is 1. The third-order valence-corrected chi connectivity index (χ3v) is 3.59. The van der Waals surface area contributed by atoms with E-state index in [1.54, 1.807) is 6.07 Å². The first-order valence-electron chi connectivity index (χ1n) is 6.57. The molecule has 0 atom stereocenters. The Labute approximate surface area is 117 Å². The second kappa shape index (κ2) is 6.44. The van der Waals surface area contributed by atoms with Crippen molar-refractivity contribution in [3.05, 3.63) is 29.6 Å². The summed E-state index contributed by atoms with van der Waals surface area (Å²) in [6.07, 6.45) is 3.10. The first-order chi connectivity index (χ1) is 9.60. The Morgan fingerprint density at radius 1 is 1.35 bits per heavy atom. The van der Waals surface area contributed by atoms with Crippen LogP contribution < -0.4 is 17.0 Å². The van der Waals surface area contributed by atoms with Crippen LogP contribution in [0.3, 0.4) is 0 Å². The van der Waals surface area contributed by atoms with E-state index >= 15 is 0 Å². The van der Waals surface area contributed by atoms with Gasteiger partial charge in [0.15, 0.2) is 0 Å². The topological polar surface area (TPSA) is 114 Å². The Hall–Kier alpha value is -1.99. The van der Waals surface area contributed by atoms with E-state index < -0.39 is 0 Å². The maximum Gasteiger partial charge on any atom is 0.266 e. The molecule has 0 radical (unpaired) electrons. The minimum Gasteiger partial charge on any atom is -0.369 e. The van der Waals surface area contributed by atoms with Gasteiger partial charge >= 0.3 is 0 Å². The smallest absolute Gasteiger partial charge is 0.266 e. The number of nitrogens with one attached hydrogen (secondary N) is 1. The Morgan fingerprint density at radius 2 is 2.05 bits per heavy atom. The number of carbonyl (C=O) groups is 2. The molecule has 1 aromatic heterocycles. The number of carbonyl (C=O) groups excluding carboxylic acids is 2. The molecule has 1 aromatic rings. The minimum absolute atomic E-state index is 0.00478. The molecule has 7 nitrogen and oxygen atoms in total. The Balaban J connectivity index is 1.88. The van der Waals surface area contributed by atoms with Crippen LogP contribution in [-0.4, -0.2) is 34.8 Å². The zero-order valence-corrected chi connectivity index (χ0v) is 11.2. The van der Waals surface area contributed by atoms with E-state index in [0.29, 0.717) is 12.1 Å². The Bertz CT molecular complexity index is 480. The summed E-state index contributed by atoms with van der Waals surface area (Å²) in [5, 5.41) is 0. The van der Waals surface area contributed by atoms with E-state index in [4.69, 9.17) is 11.6 Å². The molecule has 2 heterocycles. The molecular weight excluding hydrogens is 258 g/mol. The average molecular weight is 277 g/mol. The molecular formula is C13H19N5O2. The van der Waals surface area contributed by atoms with E-state index in [0.717, 1.165) is 31.6 Å². The van der Waals surface area contributed by atoms with Crippen LogP contribution in [0.5, 0.6) is 0 Å². The molecule has 1 aliphatic rings. The van der Waals surface area contributed by atoms with Gasteiger partial charge in [0.05, 0.1) is 11.3 Å². The van der Waals surface area contributed by atoms with E-state index in [1.807, 2.05) is 6.07 Å². The third-order valence-electron chi connectivity index (χ3n) is 3.59. The molecule has 1 fully saturated rings. The number of piperidine rings is 1. The van der Waals surface area contributed by atoms with Gasteiger partial charge in [0.1, 0.15) is 0 Å². The monoisotopic (exact) mass is 277 g/mol. The molecule has 1 saturated heterocycles. The zero-order chi connectivity index (χ0) is 14.5. The first kappa shape index (κ1) is 14.4. The van der Waals surface area contributed by atoms with Crippen molar-refractivity contribution < 1.29 is 9.59 Å². The zero-order valence-electron chi connectivity index (χ0n) is 11.2. The highest BCUT2D eigenvalue weighted by Crippen LogP contribution is 2.18.